The number of nitrogens with zero attached hydrogens (tertiary/aromatic N) is 3. The van der Waals surface area contributed by atoms with Crippen molar-refractivity contribution in [1.29, 1.82) is 0 Å². The van der Waals surface area contributed by atoms with Crippen molar-refractivity contribution in [2.75, 3.05) is 19.0 Å². The number of rotatable bonds is 2. The van der Waals surface area contributed by atoms with Gasteiger partial charge in [-0.05, 0) is 5.16 Å². The Labute approximate surface area is 63.8 Å². The molecular weight excluding hydrogens is 154 g/mol. The first-order valence-electron chi connectivity index (χ1n) is 2.80. The molecule has 4 nitrogen and oxygen atoms in total. The Morgan fingerprint density at radius 2 is 2.30 bits per heavy atom. The van der Waals surface area contributed by atoms with Crippen LogP contribution in [0.3, 0.4) is 0 Å². The third kappa shape index (κ3) is 1.39. The fourth-order valence-corrected chi connectivity index (χ4v) is 0.590. The SMILES string of the molecule is CN(C)c1noc(CCl)n1. The number of alkyl halides is 1. The summed E-state index contributed by atoms with van der Waals surface area (Å²) >= 11 is 5.43. The average molecular weight is 162 g/mol. The van der Waals surface area contributed by atoms with Crippen molar-refractivity contribution in [3.63, 3.8) is 0 Å². The van der Waals surface area contributed by atoms with Crippen molar-refractivity contribution in [2.45, 2.75) is 5.88 Å². The molecule has 0 spiro atoms. The highest BCUT2D eigenvalue weighted by Gasteiger charge is 2.04. The molecule has 0 aliphatic heterocycles. The van der Waals surface area contributed by atoms with Gasteiger partial charge in [0.2, 0.25) is 5.89 Å². The monoisotopic (exact) mass is 161 g/mol. The molecule has 0 radical (unpaired) electrons. The first-order valence-corrected chi connectivity index (χ1v) is 3.33. The van der Waals surface area contributed by atoms with E-state index in [0.717, 1.165) is 0 Å². The molecule has 0 atom stereocenters. The van der Waals surface area contributed by atoms with Crippen LogP contribution in [-0.2, 0) is 5.88 Å². The Balaban J connectivity index is 2.78. The third-order valence-corrected chi connectivity index (χ3v) is 1.20. The Morgan fingerprint density at radius 1 is 1.60 bits per heavy atom. The van der Waals surface area contributed by atoms with Gasteiger partial charge in [0, 0.05) is 14.1 Å². The molecule has 0 unspecified atom stereocenters. The van der Waals surface area contributed by atoms with Gasteiger partial charge >= 0.3 is 0 Å². The number of aromatic nitrogens is 2. The predicted molar refractivity (Wildman–Crippen MR) is 38.2 cm³/mol. The average Bonchev–Trinajstić information content (AvgIpc) is 2.34. The second-order valence-corrected chi connectivity index (χ2v) is 2.28. The van der Waals surface area contributed by atoms with E-state index in [-0.39, 0.29) is 5.88 Å². The zero-order valence-corrected chi connectivity index (χ0v) is 6.59. The molecule has 1 heterocycles. The van der Waals surface area contributed by atoms with Crippen LogP contribution < -0.4 is 4.90 Å². The minimum atomic E-state index is 0.265. The van der Waals surface area contributed by atoms with E-state index in [9.17, 15) is 0 Å². The van der Waals surface area contributed by atoms with Gasteiger partial charge < -0.3 is 9.42 Å². The van der Waals surface area contributed by atoms with Gasteiger partial charge in [-0.2, -0.15) is 4.98 Å². The molecule has 5 heteroatoms. The van der Waals surface area contributed by atoms with Gasteiger partial charge in [-0.1, -0.05) is 0 Å². The molecule has 1 aromatic rings. The number of halogens is 1. The quantitative estimate of drug-likeness (QED) is 0.604. The Hall–Kier alpha value is -0.770. The van der Waals surface area contributed by atoms with Crippen LogP contribution in [0.4, 0.5) is 5.95 Å². The van der Waals surface area contributed by atoms with Gasteiger partial charge in [-0.15, -0.1) is 11.6 Å². The minimum Gasteiger partial charge on any atom is -0.344 e. The highest BCUT2D eigenvalue weighted by molar-refractivity contribution is 6.16. The topological polar surface area (TPSA) is 42.2 Å². The molecule has 0 N–H and O–H groups in total. The van der Waals surface area contributed by atoms with Gasteiger partial charge in [-0.3, -0.25) is 0 Å². The van der Waals surface area contributed by atoms with Crippen LogP contribution in [0.2, 0.25) is 0 Å². The zero-order chi connectivity index (χ0) is 7.56. The van der Waals surface area contributed by atoms with E-state index in [2.05, 4.69) is 10.1 Å². The normalized spacial score (nSPS) is 9.90. The van der Waals surface area contributed by atoms with Gasteiger partial charge in [0.15, 0.2) is 0 Å². The summed E-state index contributed by atoms with van der Waals surface area (Å²) < 4.78 is 4.74. The molecule has 0 amide bonds. The number of hydrogen-bond acceptors (Lipinski definition) is 4. The van der Waals surface area contributed by atoms with Crippen molar-refractivity contribution >= 4 is 17.5 Å². The van der Waals surface area contributed by atoms with Gasteiger partial charge in [-0.25, -0.2) is 0 Å². The molecule has 56 valence electrons. The van der Waals surface area contributed by atoms with E-state index in [1.54, 1.807) is 4.90 Å². The second-order valence-electron chi connectivity index (χ2n) is 2.02. The molecule has 0 saturated heterocycles. The Kier molecular flexibility index (Phi) is 2.11. The van der Waals surface area contributed by atoms with E-state index in [1.807, 2.05) is 14.1 Å². The molecule has 0 fully saturated rings. The maximum absolute atomic E-state index is 5.43. The maximum atomic E-state index is 5.43. The molecule has 0 aromatic carbocycles. The molecule has 10 heavy (non-hydrogen) atoms. The zero-order valence-electron chi connectivity index (χ0n) is 5.83. The van der Waals surface area contributed by atoms with Crippen LogP contribution in [0.5, 0.6) is 0 Å². The minimum absolute atomic E-state index is 0.265. The Bertz CT molecular complexity index is 210. The van der Waals surface area contributed by atoms with Crippen molar-refractivity contribution in [3.8, 4) is 0 Å². The molecular formula is C5H8ClN3O. The van der Waals surface area contributed by atoms with Crippen molar-refractivity contribution in [3.05, 3.63) is 5.89 Å². The molecule has 0 aliphatic carbocycles. The van der Waals surface area contributed by atoms with Gasteiger partial charge in [0.05, 0.1) is 0 Å². The van der Waals surface area contributed by atoms with Crippen LogP contribution in [0.25, 0.3) is 0 Å². The number of anilines is 1. The lowest BCUT2D eigenvalue weighted by Gasteiger charge is -2.01. The summed E-state index contributed by atoms with van der Waals surface area (Å²) in [5.41, 5.74) is 0. The standard InChI is InChI=1S/C5H8ClN3O/c1-9(2)5-7-4(3-6)10-8-5/h3H2,1-2H3. The second kappa shape index (κ2) is 2.88. The van der Waals surface area contributed by atoms with Crippen molar-refractivity contribution in [2.24, 2.45) is 0 Å². The van der Waals surface area contributed by atoms with Crippen LogP contribution in [-0.4, -0.2) is 24.2 Å². The molecule has 1 aromatic heterocycles. The van der Waals surface area contributed by atoms with Crippen LogP contribution in [0.15, 0.2) is 4.52 Å². The molecule has 0 aliphatic rings. The number of hydrogen-bond donors (Lipinski definition) is 0. The van der Waals surface area contributed by atoms with E-state index in [4.69, 9.17) is 16.1 Å². The third-order valence-electron chi connectivity index (χ3n) is 0.972. The van der Waals surface area contributed by atoms with E-state index in [0.29, 0.717) is 11.8 Å². The van der Waals surface area contributed by atoms with Gasteiger partial charge in [0.1, 0.15) is 5.88 Å². The summed E-state index contributed by atoms with van der Waals surface area (Å²) in [5, 5.41) is 3.64. The smallest absolute Gasteiger partial charge is 0.265 e. The van der Waals surface area contributed by atoms with Crippen molar-refractivity contribution in [1.82, 2.24) is 10.1 Å². The first kappa shape index (κ1) is 7.34. The first-order chi connectivity index (χ1) is 4.74. The highest BCUT2D eigenvalue weighted by Crippen LogP contribution is 2.06. The van der Waals surface area contributed by atoms with E-state index >= 15 is 0 Å². The highest BCUT2D eigenvalue weighted by atomic mass is 35.5. The lowest BCUT2D eigenvalue weighted by atomic mass is 10.7. The van der Waals surface area contributed by atoms with Gasteiger partial charge in [0.25, 0.3) is 5.95 Å². The largest absolute Gasteiger partial charge is 0.344 e. The fraction of sp³-hybridized carbons (Fsp3) is 0.600. The fourth-order valence-electron chi connectivity index (χ4n) is 0.482. The molecule has 0 bridgehead atoms. The Morgan fingerprint density at radius 3 is 2.60 bits per heavy atom. The summed E-state index contributed by atoms with van der Waals surface area (Å²) in [6.07, 6.45) is 0. The predicted octanol–water partition coefficient (Wildman–Crippen LogP) is 0.874. The van der Waals surface area contributed by atoms with Crippen LogP contribution >= 0.6 is 11.6 Å². The van der Waals surface area contributed by atoms with Crippen LogP contribution in [0.1, 0.15) is 5.89 Å². The maximum Gasteiger partial charge on any atom is 0.265 e. The van der Waals surface area contributed by atoms with E-state index < -0.39 is 0 Å². The lowest BCUT2D eigenvalue weighted by Crippen LogP contribution is -2.10. The summed E-state index contributed by atoms with van der Waals surface area (Å²) in [6.45, 7) is 0. The van der Waals surface area contributed by atoms with Crippen molar-refractivity contribution < 1.29 is 4.52 Å². The summed E-state index contributed by atoms with van der Waals surface area (Å²) in [5.74, 6) is 1.27. The summed E-state index contributed by atoms with van der Waals surface area (Å²) in [4.78, 5) is 5.69. The molecule has 0 saturated carbocycles. The van der Waals surface area contributed by atoms with Crippen LogP contribution in [0, 0.1) is 0 Å². The summed E-state index contributed by atoms with van der Waals surface area (Å²) in [6, 6.07) is 0. The lowest BCUT2D eigenvalue weighted by molar-refractivity contribution is 0.390. The summed E-state index contributed by atoms with van der Waals surface area (Å²) in [7, 11) is 3.67. The van der Waals surface area contributed by atoms with E-state index in [1.165, 1.54) is 0 Å². The molecule has 1 rings (SSSR count).